The van der Waals surface area contributed by atoms with E-state index in [4.69, 9.17) is 5.73 Å². The summed E-state index contributed by atoms with van der Waals surface area (Å²) >= 11 is 0. The lowest BCUT2D eigenvalue weighted by atomic mass is 10.1. The van der Waals surface area contributed by atoms with Crippen molar-refractivity contribution in [2.75, 3.05) is 24.7 Å². The minimum absolute atomic E-state index is 0.584. The zero-order valence-corrected chi connectivity index (χ0v) is 8.86. The van der Waals surface area contributed by atoms with E-state index >= 15 is 0 Å². The average Bonchev–Trinajstić information content (AvgIpc) is 2.65. The normalized spacial score (nSPS) is 10.3. The second-order valence-electron chi connectivity index (χ2n) is 3.65. The predicted molar refractivity (Wildman–Crippen MR) is 62.8 cm³/mol. The molecule has 4 heteroatoms. The summed E-state index contributed by atoms with van der Waals surface area (Å²) < 4.78 is 0. The van der Waals surface area contributed by atoms with E-state index in [2.05, 4.69) is 27.2 Å². The van der Waals surface area contributed by atoms with Crippen LogP contribution in [0, 0.1) is 0 Å². The molecule has 0 amide bonds. The smallest absolute Gasteiger partial charge is 0.119 e. The van der Waals surface area contributed by atoms with Gasteiger partial charge >= 0.3 is 0 Å². The molecule has 15 heavy (non-hydrogen) atoms. The number of hydrogen-bond donors (Lipinski definition) is 2. The van der Waals surface area contributed by atoms with Crippen molar-refractivity contribution in [3.63, 3.8) is 0 Å². The van der Waals surface area contributed by atoms with E-state index in [0.29, 0.717) is 5.82 Å². The third-order valence-electron chi connectivity index (χ3n) is 2.26. The van der Waals surface area contributed by atoms with Crippen LogP contribution in [0.3, 0.4) is 0 Å². The number of aromatic nitrogens is 2. The number of H-pyrrole nitrogens is 1. The Bertz CT molecular complexity index is 459. The molecular weight excluding hydrogens is 188 g/mol. The van der Waals surface area contributed by atoms with Crippen LogP contribution in [0.5, 0.6) is 0 Å². The van der Waals surface area contributed by atoms with Crippen molar-refractivity contribution in [3.05, 3.63) is 30.3 Å². The average molecular weight is 202 g/mol. The minimum atomic E-state index is 0.584. The number of anilines is 2. The monoisotopic (exact) mass is 202 g/mol. The van der Waals surface area contributed by atoms with E-state index in [0.717, 1.165) is 16.9 Å². The van der Waals surface area contributed by atoms with Gasteiger partial charge in [-0.25, -0.2) is 0 Å². The van der Waals surface area contributed by atoms with Crippen molar-refractivity contribution in [3.8, 4) is 11.3 Å². The number of benzene rings is 1. The second kappa shape index (κ2) is 3.65. The molecule has 2 aromatic rings. The number of aromatic amines is 1. The van der Waals surface area contributed by atoms with Crippen molar-refractivity contribution in [1.29, 1.82) is 0 Å². The summed E-state index contributed by atoms with van der Waals surface area (Å²) in [5.41, 5.74) is 8.67. The fraction of sp³-hybridized carbons (Fsp3) is 0.182. The molecule has 0 radical (unpaired) electrons. The number of nitrogen functional groups attached to an aromatic ring is 1. The van der Waals surface area contributed by atoms with Crippen molar-refractivity contribution < 1.29 is 0 Å². The highest BCUT2D eigenvalue weighted by atomic mass is 15.2. The molecule has 1 aromatic carbocycles. The van der Waals surface area contributed by atoms with Gasteiger partial charge in [-0.2, -0.15) is 5.10 Å². The molecule has 0 unspecified atom stereocenters. The molecule has 0 fully saturated rings. The molecule has 0 bridgehead atoms. The molecular formula is C11H14N4. The number of rotatable bonds is 2. The summed E-state index contributed by atoms with van der Waals surface area (Å²) in [6.07, 6.45) is 0. The fourth-order valence-electron chi connectivity index (χ4n) is 1.43. The largest absolute Gasteiger partial charge is 0.384 e. The van der Waals surface area contributed by atoms with E-state index in [1.54, 1.807) is 0 Å². The molecule has 4 nitrogen and oxygen atoms in total. The van der Waals surface area contributed by atoms with E-state index < -0.39 is 0 Å². The van der Waals surface area contributed by atoms with Gasteiger partial charge in [-0.15, -0.1) is 0 Å². The highest BCUT2D eigenvalue weighted by Crippen LogP contribution is 2.22. The predicted octanol–water partition coefficient (Wildman–Crippen LogP) is 1.72. The SMILES string of the molecule is CN(C)c1cccc(-c2cc(N)[nH]n2)c1. The summed E-state index contributed by atoms with van der Waals surface area (Å²) in [4.78, 5) is 2.06. The van der Waals surface area contributed by atoms with Gasteiger partial charge in [-0.3, -0.25) is 5.10 Å². The summed E-state index contributed by atoms with van der Waals surface area (Å²) in [5.74, 6) is 0.584. The summed E-state index contributed by atoms with van der Waals surface area (Å²) in [7, 11) is 4.02. The Balaban J connectivity index is 2.41. The Morgan fingerprint density at radius 3 is 2.67 bits per heavy atom. The number of nitrogens with two attached hydrogens (primary N) is 1. The van der Waals surface area contributed by atoms with Crippen LogP contribution < -0.4 is 10.6 Å². The maximum absolute atomic E-state index is 5.59. The van der Waals surface area contributed by atoms with Crippen LogP contribution in [0.25, 0.3) is 11.3 Å². The second-order valence-corrected chi connectivity index (χ2v) is 3.65. The fourth-order valence-corrected chi connectivity index (χ4v) is 1.43. The highest BCUT2D eigenvalue weighted by Gasteiger charge is 2.03. The maximum Gasteiger partial charge on any atom is 0.119 e. The number of nitrogens with zero attached hydrogens (tertiary/aromatic N) is 2. The van der Waals surface area contributed by atoms with Crippen molar-refractivity contribution >= 4 is 11.5 Å². The molecule has 0 atom stereocenters. The topological polar surface area (TPSA) is 57.9 Å². The molecule has 1 aromatic heterocycles. The van der Waals surface area contributed by atoms with Crippen LogP contribution in [0.4, 0.5) is 11.5 Å². The molecule has 1 heterocycles. The van der Waals surface area contributed by atoms with Crippen molar-refractivity contribution in [2.45, 2.75) is 0 Å². The van der Waals surface area contributed by atoms with Crippen molar-refractivity contribution in [1.82, 2.24) is 10.2 Å². The van der Waals surface area contributed by atoms with Gasteiger partial charge < -0.3 is 10.6 Å². The van der Waals surface area contributed by atoms with Crippen LogP contribution in [-0.2, 0) is 0 Å². The molecule has 0 saturated carbocycles. The van der Waals surface area contributed by atoms with Gasteiger partial charge in [0, 0.05) is 31.4 Å². The molecule has 0 aliphatic heterocycles. The standard InChI is InChI=1S/C11H14N4/c1-15(2)9-5-3-4-8(6-9)10-7-11(12)14-13-10/h3-7H,1-2H3,(H3,12,13,14). The lowest BCUT2D eigenvalue weighted by Gasteiger charge is -2.12. The molecule has 0 spiro atoms. The first kappa shape index (κ1) is 9.58. The van der Waals surface area contributed by atoms with Crippen LogP contribution in [0.1, 0.15) is 0 Å². The Morgan fingerprint density at radius 1 is 1.27 bits per heavy atom. The zero-order valence-electron chi connectivity index (χ0n) is 8.86. The van der Waals surface area contributed by atoms with Crippen LogP contribution in [0.2, 0.25) is 0 Å². The third-order valence-corrected chi connectivity index (χ3v) is 2.26. The summed E-state index contributed by atoms with van der Waals surface area (Å²) in [5, 5.41) is 6.85. The number of hydrogen-bond acceptors (Lipinski definition) is 3. The Hall–Kier alpha value is -1.97. The third kappa shape index (κ3) is 1.93. The first-order valence-electron chi connectivity index (χ1n) is 4.75. The van der Waals surface area contributed by atoms with Crippen LogP contribution in [0.15, 0.2) is 30.3 Å². The molecule has 0 aliphatic rings. The van der Waals surface area contributed by atoms with Crippen LogP contribution >= 0.6 is 0 Å². The lowest BCUT2D eigenvalue weighted by molar-refractivity contribution is 1.10. The van der Waals surface area contributed by atoms with E-state index in [-0.39, 0.29) is 0 Å². The Morgan fingerprint density at radius 2 is 2.07 bits per heavy atom. The van der Waals surface area contributed by atoms with Crippen LogP contribution in [-0.4, -0.2) is 24.3 Å². The molecule has 3 N–H and O–H groups in total. The van der Waals surface area contributed by atoms with Gasteiger partial charge in [-0.1, -0.05) is 12.1 Å². The van der Waals surface area contributed by atoms with Crippen molar-refractivity contribution in [2.24, 2.45) is 0 Å². The van der Waals surface area contributed by atoms with Gasteiger partial charge in [0.25, 0.3) is 0 Å². The maximum atomic E-state index is 5.59. The zero-order chi connectivity index (χ0) is 10.8. The molecule has 2 rings (SSSR count). The Labute approximate surface area is 88.7 Å². The molecule has 78 valence electrons. The molecule has 0 aliphatic carbocycles. The first-order chi connectivity index (χ1) is 7.16. The summed E-state index contributed by atoms with van der Waals surface area (Å²) in [6, 6.07) is 9.99. The highest BCUT2D eigenvalue weighted by molar-refractivity contribution is 5.67. The van der Waals surface area contributed by atoms with Gasteiger partial charge in [0.1, 0.15) is 5.82 Å². The minimum Gasteiger partial charge on any atom is -0.384 e. The summed E-state index contributed by atoms with van der Waals surface area (Å²) in [6.45, 7) is 0. The van der Waals surface area contributed by atoms with E-state index in [9.17, 15) is 0 Å². The van der Waals surface area contributed by atoms with Gasteiger partial charge in [0.2, 0.25) is 0 Å². The quantitative estimate of drug-likeness (QED) is 0.779. The lowest BCUT2D eigenvalue weighted by Crippen LogP contribution is -2.08. The Kier molecular flexibility index (Phi) is 2.33. The van der Waals surface area contributed by atoms with E-state index in [1.165, 1.54) is 0 Å². The number of nitrogens with one attached hydrogen (secondary N) is 1. The van der Waals surface area contributed by atoms with Gasteiger partial charge in [0.05, 0.1) is 5.69 Å². The van der Waals surface area contributed by atoms with E-state index in [1.807, 2.05) is 32.3 Å². The van der Waals surface area contributed by atoms with Gasteiger partial charge in [-0.05, 0) is 12.1 Å². The molecule has 0 saturated heterocycles. The first-order valence-corrected chi connectivity index (χ1v) is 4.75. The van der Waals surface area contributed by atoms with Gasteiger partial charge in [0.15, 0.2) is 0 Å².